The molecule has 0 bridgehead atoms. The van der Waals surface area contributed by atoms with Gasteiger partial charge in [0.2, 0.25) is 0 Å². The van der Waals surface area contributed by atoms with E-state index in [-0.39, 0.29) is 0 Å². The predicted octanol–water partition coefficient (Wildman–Crippen LogP) is 1.72. The fourth-order valence-corrected chi connectivity index (χ4v) is 1.40. The maximum atomic E-state index is 12.4. The smallest absolute Gasteiger partial charge is 0.164 e. The molecule has 1 atom stereocenters. The number of rotatable bonds is 5. The van der Waals surface area contributed by atoms with Gasteiger partial charge in [0.25, 0.3) is 0 Å². The molecule has 90 valence electrons. The van der Waals surface area contributed by atoms with E-state index >= 15 is 0 Å². The molecule has 0 radical (unpaired) electrons. The second-order valence-electron chi connectivity index (χ2n) is 3.12. The summed E-state index contributed by atoms with van der Waals surface area (Å²) >= 11 is 0. The van der Waals surface area contributed by atoms with Crippen molar-refractivity contribution in [3.05, 3.63) is 17.7 Å². The van der Waals surface area contributed by atoms with Gasteiger partial charge in [0.1, 0.15) is 18.5 Å². The summed E-state index contributed by atoms with van der Waals surface area (Å²) < 4.78 is 27.6. The highest BCUT2D eigenvalue weighted by atomic mass is 19.1. The molecule has 0 saturated heterocycles. The Hall–Kier alpha value is -1.49. The van der Waals surface area contributed by atoms with Crippen molar-refractivity contribution < 1.29 is 23.7 Å². The van der Waals surface area contributed by atoms with E-state index in [4.69, 9.17) is 14.2 Å². The first-order valence-electron chi connectivity index (χ1n) is 4.71. The van der Waals surface area contributed by atoms with E-state index in [1.54, 1.807) is 6.07 Å². The maximum Gasteiger partial charge on any atom is 0.164 e. The highest BCUT2D eigenvalue weighted by Gasteiger charge is 2.17. The van der Waals surface area contributed by atoms with Gasteiger partial charge in [-0.05, 0) is 6.07 Å². The third-order valence-electron chi connectivity index (χ3n) is 2.24. The van der Waals surface area contributed by atoms with Crippen molar-refractivity contribution in [3.8, 4) is 17.2 Å². The Kier molecular flexibility index (Phi) is 4.37. The largest absolute Gasteiger partial charge is 0.496 e. The van der Waals surface area contributed by atoms with Gasteiger partial charge in [-0.3, -0.25) is 0 Å². The van der Waals surface area contributed by atoms with Gasteiger partial charge in [0, 0.05) is 11.6 Å². The number of ether oxygens (including phenoxy) is 3. The number of halogens is 1. The summed E-state index contributed by atoms with van der Waals surface area (Å²) in [5.41, 5.74) is 0.336. The lowest BCUT2D eigenvalue weighted by Crippen LogP contribution is -2.04. The highest BCUT2D eigenvalue weighted by Crippen LogP contribution is 2.37. The molecule has 0 amide bonds. The van der Waals surface area contributed by atoms with Crippen LogP contribution in [0.2, 0.25) is 0 Å². The Bertz CT molecular complexity index is 354. The van der Waals surface area contributed by atoms with Crippen molar-refractivity contribution in [2.45, 2.75) is 6.10 Å². The van der Waals surface area contributed by atoms with E-state index in [0.29, 0.717) is 22.8 Å². The minimum atomic E-state index is -1.23. The molecule has 5 heteroatoms. The Morgan fingerprint density at radius 2 is 1.56 bits per heavy atom. The fraction of sp³-hybridized carbons (Fsp3) is 0.455. The predicted molar refractivity (Wildman–Crippen MR) is 57.0 cm³/mol. The Labute approximate surface area is 93.6 Å². The third kappa shape index (κ3) is 2.36. The Balaban J connectivity index is 3.25. The molecule has 0 fully saturated rings. The number of methoxy groups -OCH3 is 3. The van der Waals surface area contributed by atoms with E-state index in [1.165, 1.54) is 27.4 Å². The average Bonchev–Trinajstić information content (AvgIpc) is 2.35. The molecule has 0 aromatic heterocycles. The molecule has 0 spiro atoms. The molecule has 1 rings (SSSR count). The molecule has 4 nitrogen and oxygen atoms in total. The Morgan fingerprint density at radius 1 is 1.06 bits per heavy atom. The molecule has 0 saturated carbocycles. The van der Waals surface area contributed by atoms with Crippen LogP contribution in [0.1, 0.15) is 11.7 Å². The summed E-state index contributed by atoms with van der Waals surface area (Å²) in [6, 6.07) is 3.05. The summed E-state index contributed by atoms with van der Waals surface area (Å²) in [6.07, 6.45) is -1.23. The van der Waals surface area contributed by atoms with Crippen LogP contribution >= 0.6 is 0 Å². The van der Waals surface area contributed by atoms with E-state index in [1.807, 2.05) is 0 Å². The molecule has 0 heterocycles. The van der Waals surface area contributed by atoms with Gasteiger partial charge in [-0.15, -0.1) is 0 Å². The Morgan fingerprint density at radius 3 is 2.00 bits per heavy atom. The summed E-state index contributed by atoms with van der Waals surface area (Å²) in [6.45, 7) is -0.883. The van der Waals surface area contributed by atoms with E-state index in [9.17, 15) is 9.50 Å². The van der Waals surface area contributed by atoms with Crippen LogP contribution in [0.3, 0.4) is 0 Å². The van der Waals surface area contributed by atoms with Crippen molar-refractivity contribution >= 4 is 0 Å². The summed E-state index contributed by atoms with van der Waals surface area (Å²) in [4.78, 5) is 0. The van der Waals surface area contributed by atoms with Crippen LogP contribution in [0.4, 0.5) is 4.39 Å². The van der Waals surface area contributed by atoms with Crippen molar-refractivity contribution in [3.63, 3.8) is 0 Å². The normalized spacial score (nSPS) is 12.1. The van der Waals surface area contributed by atoms with Gasteiger partial charge >= 0.3 is 0 Å². The molecule has 16 heavy (non-hydrogen) atoms. The van der Waals surface area contributed by atoms with Gasteiger partial charge in [0.05, 0.1) is 21.3 Å². The monoisotopic (exact) mass is 230 g/mol. The van der Waals surface area contributed by atoms with Crippen LogP contribution in [0.5, 0.6) is 17.2 Å². The van der Waals surface area contributed by atoms with Crippen molar-refractivity contribution in [1.82, 2.24) is 0 Å². The zero-order chi connectivity index (χ0) is 12.1. The quantitative estimate of drug-likeness (QED) is 0.836. The van der Waals surface area contributed by atoms with Crippen LogP contribution < -0.4 is 14.2 Å². The van der Waals surface area contributed by atoms with Crippen molar-refractivity contribution in [2.75, 3.05) is 28.0 Å². The van der Waals surface area contributed by atoms with Crippen LogP contribution in [0.15, 0.2) is 12.1 Å². The van der Waals surface area contributed by atoms with E-state index in [0.717, 1.165) is 0 Å². The molecule has 1 aromatic rings. The second-order valence-corrected chi connectivity index (χ2v) is 3.12. The number of aliphatic hydroxyl groups excluding tert-OH is 1. The fourth-order valence-electron chi connectivity index (χ4n) is 1.40. The van der Waals surface area contributed by atoms with Crippen LogP contribution in [-0.2, 0) is 0 Å². The lowest BCUT2D eigenvalue weighted by molar-refractivity contribution is 0.138. The molecule has 0 aliphatic rings. The topological polar surface area (TPSA) is 47.9 Å². The zero-order valence-electron chi connectivity index (χ0n) is 9.49. The second kappa shape index (κ2) is 5.55. The lowest BCUT2D eigenvalue weighted by Gasteiger charge is -2.16. The van der Waals surface area contributed by atoms with Crippen LogP contribution in [0, 0.1) is 0 Å². The van der Waals surface area contributed by atoms with E-state index in [2.05, 4.69) is 0 Å². The van der Waals surface area contributed by atoms with Gasteiger partial charge in [-0.2, -0.15) is 0 Å². The molecule has 1 aromatic carbocycles. The number of hydrogen-bond acceptors (Lipinski definition) is 4. The molecule has 0 aliphatic heterocycles. The SMILES string of the molecule is COc1cc(OC)c(C(O)CF)cc1OC. The first kappa shape index (κ1) is 12.6. The number of benzene rings is 1. The number of aliphatic hydroxyl groups is 1. The molecular weight excluding hydrogens is 215 g/mol. The summed E-state index contributed by atoms with van der Waals surface area (Å²) in [5, 5.41) is 9.47. The molecule has 1 unspecified atom stereocenters. The minimum absolute atomic E-state index is 0.336. The van der Waals surface area contributed by atoms with Crippen LogP contribution in [0.25, 0.3) is 0 Å². The maximum absolute atomic E-state index is 12.4. The van der Waals surface area contributed by atoms with Crippen molar-refractivity contribution in [2.24, 2.45) is 0 Å². The van der Waals surface area contributed by atoms with Gasteiger partial charge in [-0.1, -0.05) is 0 Å². The molecule has 1 N–H and O–H groups in total. The summed E-state index contributed by atoms with van der Waals surface area (Å²) in [7, 11) is 4.40. The van der Waals surface area contributed by atoms with E-state index < -0.39 is 12.8 Å². The first-order valence-corrected chi connectivity index (χ1v) is 4.71. The number of hydrogen-bond donors (Lipinski definition) is 1. The van der Waals surface area contributed by atoms with Gasteiger partial charge in [0.15, 0.2) is 11.5 Å². The van der Waals surface area contributed by atoms with Gasteiger partial charge < -0.3 is 19.3 Å². The molecular formula is C11H15FO4. The lowest BCUT2D eigenvalue weighted by atomic mass is 10.1. The number of alkyl halides is 1. The standard InChI is InChI=1S/C11H15FO4/c1-14-9-5-11(16-3)10(15-2)4-7(9)8(13)6-12/h4-5,8,13H,6H2,1-3H3. The third-order valence-corrected chi connectivity index (χ3v) is 2.24. The first-order chi connectivity index (χ1) is 7.67. The molecule has 0 aliphatic carbocycles. The highest BCUT2D eigenvalue weighted by molar-refractivity contribution is 5.51. The average molecular weight is 230 g/mol. The zero-order valence-corrected chi connectivity index (χ0v) is 9.49. The van der Waals surface area contributed by atoms with Crippen molar-refractivity contribution in [1.29, 1.82) is 0 Å². The summed E-state index contributed by atoms with van der Waals surface area (Å²) in [5.74, 6) is 1.25. The van der Waals surface area contributed by atoms with Gasteiger partial charge in [-0.25, -0.2) is 4.39 Å². The van der Waals surface area contributed by atoms with Crippen LogP contribution in [-0.4, -0.2) is 33.1 Å². The minimum Gasteiger partial charge on any atom is -0.496 e.